The molecule has 0 radical (unpaired) electrons. The summed E-state index contributed by atoms with van der Waals surface area (Å²) in [6, 6.07) is 9.86. The van der Waals surface area contributed by atoms with Crippen molar-refractivity contribution in [1.82, 2.24) is 5.32 Å². The Morgan fingerprint density at radius 1 is 1.21 bits per heavy atom. The molecule has 2 atom stereocenters. The molecule has 0 saturated carbocycles. The van der Waals surface area contributed by atoms with Crippen molar-refractivity contribution in [2.45, 2.75) is 24.1 Å². The number of benzene rings is 2. The third-order valence-corrected chi connectivity index (χ3v) is 5.11. The highest BCUT2D eigenvalue weighted by atomic mass is 32.2. The fourth-order valence-electron chi connectivity index (χ4n) is 2.65. The second-order valence-corrected chi connectivity index (χ2v) is 7.41. The first-order valence-corrected chi connectivity index (χ1v) is 9.25. The van der Waals surface area contributed by atoms with Gasteiger partial charge in [0.15, 0.2) is 0 Å². The normalized spacial score (nSPS) is 17.3. The molecule has 1 fully saturated rings. The fourth-order valence-corrected chi connectivity index (χ4v) is 3.51. The summed E-state index contributed by atoms with van der Waals surface area (Å²) in [7, 11) is 0. The van der Waals surface area contributed by atoms with Gasteiger partial charge in [-0.15, -0.1) is 0 Å². The van der Waals surface area contributed by atoms with Gasteiger partial charge in [0, 0.05) is 12.5 Å². The number of carbonyl (C=O) groups excluding carboxylic acids is 2. The van der Waals surface area contributed by atoms with Crippen molar-refractivity contribution in [2.75, 3.05) is 0 Å². The summed E-state index contributed by atoms with van der Waals surface area (Å²) in [6.45, 7) is 0. The van der Waals surface area contributed by atoms with Gasteiger partial charge in [-0.25, -0.2) is 4.39 Å². The van der Waals surface area contributed by atoms with Crippen LogP contribution in [-0.2, 0) is 22.4 Å². The SMILES string of the molecule is NC(Cc1ccc(Oc2ccc(CC3SC(=O)NC3=O)cc2)cc1F)C(=O)O. The van der Waals surface area contributed by atoms with Crippen LogP contribution in [0.15, 0.2) is 42.5 Å². The first-order valence-electron chi connectivity index (χ1n) is 8.37. The number of rotatable bonds is 7. The van der Waals surface area contributed by atoms with Gasteiger partial charge in [-0.2, -0.15) is 0 Å². The summed E-state index contributed by atoms with van der Waals surface area (Å²) in [6.07, 6.45) is 0.293. The van der Waals surface area contributed by atoms with Crippen LogP contribution in [0.1, 0.15) is 11.1 Å². The zero-order chi connectivity index (χ0) is 20.3. The van der Waals surface area contributed by atoms with Crippen molar-refractivity contribution in [3.8, 4) is 11.5 Å². The number of imide groups is 1. The zero-order valence-corrected chi connectivity index (χ0v) is 15.4. The molecule has 1 aliphatic rings. The summed E-state index contributed by atoms with van der Waals surface area (Å²) in [5, 5.41) is 10.3. The Labute approximate surface area is 164 Å². The van der Waals surface area contributed by atoms with Crippen LogP contribution in [0.2, 0.25) is 0 Å². The van der Waals surface area contributed by atoms with E-state index < -0.39 is 23.1 Å². The van der Waals surface area contributed by atoms with Crippen LogP contribution in [0.3, 0.4) is 0 Å². The standard InChI is InChI=1S/C19H17FN2O5S/c20-14-9-13(6-3-11(14)8-15(21)18(24)25)27-12-4-1-10(2-5-12)7-16-17(23)22-19(26)28-16/h1-6,9,15-16H,7-8,21H2,(H,24,25)(H,22,23,26). The highest BCUT2D eigenvalue weighted by Crippen LogP contribution is 2.27. The largest absolute Gasteiger partial charge is 0.480 e. The predicted molar refractivity (Wildman–Crippen MR) is 101 cm³/mol. The van der Waals surface area contributed by atoms with Crippen molar-refractivity contribution in [1.29, 1.82) is 0 Å². The van der Waals surface area contributed by atoms with Gasteiger partial charge in [0.1, 0.15) is 23.4 Å². The third-order valence-electron chi connectivity index (χ3n) is 4.13. The second-order valence-electron chi connectivity index (χ2n) is 6.24. The highest BCUT2D eigenvalue weighted by molar-refractivity contribution is 8.15. The molecular formula is C19H17FN2O5S. The number of hydrogen-bond acceptors (Lipinski definition) is 6. The van der Waals surface area contributed by atoms with Gasteiger partial charge in [0.2, 0.25) is 5.91 Å². The van der Waals surface area contributed by atoms with Gasteiger partial charge in [-0.3, -0.25) is 19.7 Å². The lowest BCUT2D eigenvalue weighted by atomic mass is 10.1. The van der Waals surface area contributed by atoms with Gasteiger partial charge in [-0.1, -0.05) is 30.0 Å². The number of ether oxygens (including phenoxy) is 1. The molecule has 7 nitrogen and oxygen atoms in total. The van der Waals surface area contributed by atoms with Crippen molar-refractivity contribution in [3.63, 3.8) is 0 Å². The minimum absolute atomic E-state index is 0.120. The Hall–Kier alpha value is -2.91. The molecule has 2 unspecified atom stereocenters. The average molecular weight is 404 g/mol. The number of carboxylic acids is 1. The molecule has 0 aromatic heterocycles. The van der Waals surface area contributed by atoms with Crippen LogP contribution in [0.4, 0.5) is 9.18 Å². The topological polar surface area (TPSA) is 119 Å². The Bertz CT molecular complexity index is 919. The van der Waals surface area contributed by atoms with Gasteiger partial charge in [0.25, 0.3) is 5.24 Å². The molecule has 2 amide bonds. The van der Waals surface area contributed by atoms with E-state index in [-0.39, 0.29) is 28.9 Å². The maximum Gasteiger partial charge on any atom is 0.320 e. The van der Waals surface area contributed by atoms with Crippen LogP contribution in [0.25, 0.3) is 0 Å². The number of halogens is 1. The smallest absolute Gasteiger partial charge is 0.320 e. The lowest BCUT2D eigenvalue weighted by Crippen LogP contribution is -2.32. The van der Waals surface area contributed by atoms with E-state index in [4.69, 9.17) is 15.6 Å². The summed E-state index contributed by atoms with van der Waals surface area (Å²) >= 11 is 0.966. The number of nitrogens with two attached hydrogens (primary N) is 1. The van der Waals surface area contributed by atoms with Crippen molar-refractivity contribution >= 4 is 28.9 Å². The number of amides is 2. The molecule has 0 aliphatic carbocycles. The van der Waals surface area contributed by atoms with Crippen LogP contribution in [0, 0.1) is 5.82 Å². The molecule has 1 saturated heterocycles. The summed E-state index contributed by atoms with van der Waals surface area (Å²) in [5.74, 6) is -1.36. The molecule has 3 rings (SSSR count). The van der Waals surface area contributed by atoms with E-state index in [0.29, 0.717) is 12.2 Å². The minimum Gasteiger partial charge on any atom is -0.480 e. The zero-order valence-electron chi connectivity index (χ0n) is 14.6. The first-order chi connectivity index (χ1) is 13.3. The first kappa shape index (κ1) is 19.8. The number of aliphatic carboxylic acids is 1. The van der Waals surface area contributed by atoms with Crippen molar-refractivity contribution in [2.24, 2.45) is 5.73 Å². The lowest BCUT2D eigenvalue weighted by Gasteiger charge is -2.11. The van der Waals surface area contributed by atoms with Crippen LogP contribution in [-0.4, -0.2) is 33.5 Å². The van der Waals surface area contributed by atoms with Crippen LogP contribution >= 0.6 is 11.8 Å². The van der Waals surface area contributed by atoms with Gasteiger partial charge in [0.05, 0.1) is 5.25 Å². The quantitative estimate of drug-likeness (QED) is 0.649. The number of hydrogen-bond donors (Lipinski definition) is 3. The van der Waals surface area contributed by atoms with Gasteiger partial charge in [-0.05, 0) is 35.7 Å². The number of nitrogens with one attached hydrogen (secondary N) is 1. The second kappa shape index (κ2) is 8.41. The molecular weight excluding hydrogens is 387 g/mol. The van der Waals surface area contributed by atoms with Gasteiger partial charge >= 0.3 is 5.97 Å². The van der Waals surface area contributed by atoms with Crippen LogP contribution in [0.5, 0.6) is 11.5 Å². The maximum atomic E-state index is 14.1. The Morgan fingerprint density at radius 3 is 2.46 bits per heavy atom. The molecule has 2 aromatic carbocycles. The van der Waals surface area contributed by atoms with E-state index in [9.17, 15) is 18.8 Å². The summed E-state index contributed by atoms with van der Waals surface area (Å²) in [4.78, 5) is 33.6. The molecule has 4 N–H and O–H groups in total. The molecule has 1 aliphatic heterocycles. The van der Waals surface area contributed by atoms with Crippen molar-refractivity contribution < 1.29 is 28.6 Å². The van der Waals surface area contributed by atoms with E-state index in [0.717, 1.165) is 17.3 Å². The molecule has 2 aromatic rings. The Kier molecular flexibility index (Phi) is 5.96. The highest BCUT2D eigenvalue weighted by Gasteiger charge is 2.31. The van der Waals surface area contributed by atoms with E-state index in [2.05, 4.69) is 5.32 Å². The number of carbonyl (C=O) groups is 3. The van der Waals surface area contributed by atoms with E-state index in [1.54, 1.807) is 24.3 Å². The summed E-state index contributed by atoms with van der Waals surface area (Å²) in [5.41, 5.74) is 6.48. The molecule has 0 spiro atoms. The predicted octanol–water partition coefficient (Wildman–Crippen LogP) is 2.47. The Balaban J connectivity index is 1.62. The molecule has 1 heterocycles. The summed E-state index contributed by atoms with van der Waals surface area (Å²) < 4.78 is 19.7. The van der Waals surface area contributed by atoms with Gasteiger partial charge < -0.3 is 15.6 Å². The number of carboxylic acid groups (broad SMARTS) is 1. The monoisotopic (exact) mass is 404 g/mol. The molecule has 28 heavy (non-hydrogen) atoms. The number of thioether (sulfide) groups is 1. The lowest BCUT2D eigenvalue weighted by molar-refractivity contribution is -0.138. The minimum atomic E-state index is -1.20. The molecule has 0 bridgehead atoms. The average Bonchev–Trinajstić information content (AvgIpc) is 2.96. The third kappa shape index (κ3) is 4.87. The van der Waals surface area contributed by atoms with E-state index >= 15 is 0 Å². The fraction of sp³-hybridized carbons (Fsp3) is 0.211. The van der Waals surface area contributed by atoms with E-state index in [1.165, 1.54) is 18.2 Å². The van der Waals surface area contributed by atoms with Crippen molar-refractivity contribution in [3.05, 3.63) is 59.4 Å². The maximum absolute atomic E-state index is 14.1. The van der Waals surface area contributed by atoms with Crippen LogP contribution < -0.4 is 15.8 Å². The van der Waals surface area contributed by atoms with E-state index in [1.807, 2.05) is 0 Å². The Morgan fingerprint density at radius 2 is 1.89 bits per heavy atom. The molecule has 9 heteroatoms. The molecule has 146 valence electrons.